The van der Waals surface area contributed by atoms with Gasteiger partial charge in [-0.15, -0.1) is 15.0 Å². The van der Waals surface area contributed by atoms with Gasteiger partial charge < -0.3 is 10.2 Å². The maximum absolute atomic E-state index is 11.3. The molecule has 1 atom stereocenters. The predicted molar refractivity (Wildman–Crippen MR) is 105 cm³/mol. The second kappa shape index (κ2) is 6.85. The second-order valence-corrected chi connectivity index (χ2v) is 8.26. The van der Waals surface area contributed by atoms with Gasteiger partial charge in [0, 0.05) is 10.6 Å². The summed E-state index contributed by atoms with van der Waals surface area (Å²) in [6.07, 6.45) is 0.346. The average Bonchev–Trinajstić information content (AvgIpc) is 2.97. The van der Waals surface area contributed by atoms with Crippen LogP contribution in [0.5, 0.6) is 5.75 Å². The zero-order valence-corrected chi connectivity index (χ0v) is 16.4. The van der Waals surface area contributed by atoms with Crippen LogP contribution in [0.1, 0.15) is 38.8 Å². The second-order valence-electron chi connectivity index (χ2n) is 7.83. The van der Waals surface area contributed by atoms with E-state index < -0.39 is 11.9 Å². The molecule has 3 aromatic rings. The normalized spacial score (nSPS) is 13.1. The lowest BCUT2D eigenvalue weighted by Gasteiger charge is -2.23. The molecule has 0 saturated carbocycles. The number of carboxylic acid groups (broad SMARTS) is 1. The van der Waals surface area contributed by atoms with Crippen LogP contribution in [0.2, 0.25) is 5.02 Å². The number of carboxylic acids is 1. The minimum Gasteiger partial charge on any atom is -0.505 e. The van der Waals surface area contributed by atoms with Gasteiger partial charge in [0.25, 0.3) is 0 Å². The molecule has 0 amide bonds. The molecule has 1 aromatic heterocycles. The van der Waals surface area contributed by atoms with Crippen molar-refractivity contribution in [3.05, 3.63) is 46.5 Å². The zero-order chi connectivity index (χ0) is 19.9. The van der Waals surface area contributed by atoms with Crippen molar-refractivity contribution >= 4 is 28.6 Å². The largest absolute Gasteiger partial charge is 0.505 e. The number of hydrogen-bond donors (Lipinski definition) is 2. The Bertz CT molecular complexity index is 1020. The molecular formula is C20H22ClN3O3. The molecule has 3 rings (SSSR count). The van der Waals surface area contributed by atoms with Crippen LogP contribution in [0.25, 0.3) is 16.7 Å². The smallest absolute Gasteiger partial charge is 0.306 e. The van der Waals surface area contributed by atoms with Gasteiger partial charge in [0.15, 0.2) is 0 Å². The Hall–Kier alpha value is -2.60. The summed E-state index contributed by atoms with van der Waals surface area (Å²) < 4.78 is 0. The minimum atomic E-state index is -0.862. The molecule has 0 fully saturated rings. The quantitative estimate of drug-likeness (QED) is 0.695. The summed E-state index contributed by atoms with van der Waals surface area (Å²) in [5, 5.41) is 29.5. The van der Waals surface area contributed by atoms with Gasteiger partial charge in [0.2, 0.25) is 0 Å². The Labute approximate surface area is 162 Å². The van der Waals surface area contributed by atoms with Crippen molar-refractivity contribution in [3.63, 3.8) is 0 Å². The predicted octanol–water partition coefficient (Wildman–Crippen LogP) is 4.34. The van der Waals surface area contributed by atoms with Crippen LogP contribution in [0.3, 0.4) is 0 Å². The first-order valence-electron chi connectivity index (χ1n) is 8.68. The number of rotatable bonds is 4. The highest BCUT2D eigenvalue weighted by molar-refractivity contribution is 6.31. The van der Waals surface area contributed by atoms with Gasteiger partial charge in [-0.05, 0) is 41.7 Å². The number of fused-ring (bicyclic) bond motifs is 1. The lowest BCUT2D eigenvalue weighted by Crippen LogP contribution is -2.16. The SMILES string of the molecule is CC(Cc1cc(-n2nc3ccc(Cl)cc3n2)c(O)c(C(C)(C)C)c1)C(=O)O. The molecule has 27 heavy (non-hydrogen) atoms. The fraction of sp³-hybridized carbons (Fsp3) is 0.350. The van der Waals surface area contributed by atoms with Crippen molar-refractivity contribution in [1.29, 1.82) is 0 Å². The number of benzene rings is 2. The van der Waals surface area contributed by atoms with Gasteiger partial charge in [-0.2, -0.15) is 0 Å². The van der Waals surface area contributed by atoms with E-state index in [-0.39, 0.29) is 11.2 Å². The third-order valence-corrected chi connectivity index (χ3v) is 4.71. The first kappa shape index (κ1) is 19.2. The minimum absolute atomic E-state index is 0.0839. The van der Waals surface area contributed by atoms with Crippen LogP contribution >= 0.6 is 11.6 Å². The molecule has 1 heterocycles. The third kappa shape index (κ3) is 3.90. The Kier molecular flexibility index (Phi) is 4.86. The lowest BCUT2D eigenvalue weighted by molar-refractivity contribution is -0.141. The molecule has 0 spiro atoms. The summed E-state index contributed by atoms with van der Waals surface area (Å²) in [4.78, 5) is 12.6. The van der Waals surface area contributed by atoms with Gasteiger partial charge in [-0.25, -0.2) is 0 Å². The number of nitrogens with zero attached hydrogens (tertiary/aromatic N) is 3. The molecule has 2 N–H and O–H groups in total. The average molecular weight is 388 g/mol. The summed E-state index contributed by atoms with van der Waals surface area (Å²) in [6.45, 7) is 7.63. The number of carbonyl (C=O) groups is 1. The maximum atomic E-state index is 11.3. The molecule has 0 saturated heterocycles. The first-order valence-corrected chi connectivity index (χ1v) is 9.06. The van der Waals surface area contributed by atoms with Crippen LogP contribution < -0.4 is 0 Å². The topological polar surface area (TPSA) is 88.2 Å². The highest BCUT2D eigenvalue weighted by Crippen LogP contribution is 2.36. The molecule has 0 radical (unpaired) electrons. The van der Waals surface area contributed by atoms with E-state index in [0.29, 0.717) is 33.7 Å². The molecule has 0 bridgehead atoms. The molecule has 0 aliphatic carbocycles. The van der Waals surface area contributed by atoms with Crippen molar-refractivity contribution in [1.82, 2.24) is 15.0 Å². The molecular weight excluding hydrogens is 366 g/mol. The summed E-state index contributed by atoms with van der Waals surface area (Å²) in [5.74, 6) is -1.32. The summed E-state index contributed by atoms with van der Waals surface area (Å²) in [5.41, 5.74) is 2.87. The zero-order valence-electron chi connectivity index (χ0n) is 15.7. The van der Waals surface area contributed by atoms with E-state index in [9.17, 15) is 15.0 Å². The van der Waals surface area contributed by atoms with E-state index in [0.717, 1.165) is 5.56 Å². The Morgan fingerprint density at radius 2 is 1.85 bits per heavy atom. The number of halogens is 1. The van der Waals surface area contributed by atoms with E-state index in [1.807, 2.05) is 26.8 Å². The van der Waals surface area contributed by atoms with Gasteiger partial charge in [0.05, 0.1) is 5.92 Å². The van der Waals surface area contributed by atoms with Crippen molar-refractivity contribution in [3.8, 4) is 11.4 Å². The van der Waals surface area contributed by atoms with Crippen LogP contribution in [0.15, 0.2) is 30.3 Å². The molecule has 0 aliphatic rings. The molecule has 6 nitrogen and oxygen atoms in total. The molecule has 7 heteroatoms. The highest BCUT2D eigenvalue weighted by Gasteiger charge is 2.24. The monoisotopic (exact) mass is 387 g/mol. The molecule has 1 unspecified atom stereocenters. The summed E-state index contributed by atoms with van der Waals surface area (Å²) >= 11 is 6.02. The van der Waals surface area contributed by atoms with E-state index >= 15 is 0 Å². The Morgan fingerprint density at radius 3 is 2.48 bits per heavy atom. The number of phenolic OH excluding ortho intramolecular Hbond substituents is 1. The van der Waals surface area contributed by atoms with Gasteiger partial charge in [-0.3, -0.25) is 4.79 Å². The number of hydrogen-bond acceptors (Lipinski definition) is 4. The maximum Gasteiger partial charge on any atom is 0.306 e. The van der Waals surface area contributed by atoms with Crippen molar-refractivity contribution in [2.75, 3.05) is 0 Å². The van der Waals surface area contributed by atoms with Crippen molar-refractivity contribution in [2.24, 2.45) is 5.92 Å². The standard InChI is InChI=1S/C20H22ClN3O3/c1-11(19(26)27)7-12-8-14(20(2,3)4)18(25)17(9-12)24-22-15-6-5-13(21)10-16(15)23-24/h5-6,8-11,25H,7H2,1-4H3,(H,26,27). The van der Waals surface area contributed by atoms with Crippen LogP contribution in [-0.2, 0) is 16.6 Å². The van der Waals surface area contributed by atoms with E-state index in [1.54, 1.807) is 31.2 Å². The lowest BCUT2D eigenvalue weighted by atomic mass is 9.84. The van der Waals surface area contributed by atoms with E-state index in [4.69, 9.17) is 11.6 Å². The number of phenols is 1. The van der Waals surface area contributed by atoms with E-state index in [2.05, 4.69) is 10.2 Å². The molecule has 142 valence electrons. The van der Waals surface area contributed by atoms with Gasteiger partial charge in [0.1, 0.15) is 22.5 Å². The third-order valence-electron chi connectivity index (χ3n) is 4.48. The number of aromatic nitrogens is 3. The van der Waals surface area contributed by atoms with Crippen LogP contribution in [0.4, 0.5) is 0 Å². The van der Waals surface area contributed by atoms with Crippen LogP contribution in [-0.4, -0.2) is 31.2 Å². The first-order chi connectivity index (χ1) is 12.6. The van der Waals surface area contributed by atoms with Crippen molar-refractivity contribution in [2.45, 2.75) is 39.5 Å². The Morgan fingerprint density at radius 1 is 1.19 bits per heavy atom. The highest BCUT2D eigenvalue weighted by atomic mass is 35.5. The van der Waals surface area contributed by atoms with Crippen LogP contribution in [0, 0.1) is 5.92 Å². The van der Waals surface area contributed by atoms with Crippen molar-refractivity contribution < 1.29 is 15.0 Å². The number of aliphatic carboxylic acids is 1. The van der Waals surface area contributed by atoms with Gasteiger partial charge >= 0.3 is 5.97 Å². The Balaban J connectivity index is 2.18. The molecule has 0 aliphatic heterocycles. The summed E-state index contributed by atoms with van der Waals surface area (Å²) in [7, 11) is 0. The summed E-state index contributed by atoms with van der Waals surface area (Å²) in [6, 6.07) is 8.80. The van der Waals surface area contributed by atoms with Gasteiger partial charge in [-0.1, -0.05) is 45.4 Å². The number of aromatic hydroxyl groups is 1. The fourth-order valence-electron chi connectivity index (χ4n) is 2.96. The fourth-order valence-corrected chi connectivity index (χ4v) is 3.12. The molecule has 2 aromatic carbocycles. The van der Waals surface area contributed by atoms with E-state index in [1.165, 1.54) is 4.80 Å².